The van der Waals surface area contributed by atoms with Crippen LogP contribution in [0.1, 0.15) is 10.4 Å². The third-order valence-corrected chi connectivity index (χ3v) is 3.82. The van der Waals surface area contributed by atoms with Crippen molar-refractivity contribution in [2.75, 3.05) is 27.2 Å². The molecular weight excluding hydrogens is 311 g/mol. The molecular formula is C11H16ClFN2O4S. The van der Waals surface area contributed by atoms with Crippen LogP contribution in [0.15, 0.2) is 23.1 Å². The molecule has 1 rings (SSSR count). The van der Waals surface area contributed by atoms with Crippen LogP contribution in [0.5, 0.6) is 0 Å². The first-order valence-corrected chi connectivity index (χ1v) is 6.93. The van der Waals surface area contributed by atoms with Crippen molar-refractivity contribution < 1.29 is 22.3 Å². The van der Waals surface area contributed by atoms with E-state index >= 15 is 0 Å². The topological polar surface area (TPSA) is 84.5 Å². The summed E-state index contributed by atoms with van der Waals surface area (Å²) in [5, 5.41) is 2.77. The predicted octanol–water partition coefficient (Wildman–Crippen LogP) is 0.532. The van der Waals surface area contributed by atoms with Gasteiger partial charge >= 0.3 is 5.97 Å². The molecule has 0 saturated carbocycles. The zero-order chi connectivity index (χ0) is 14.5. The van der Waals surface area contributed by atoms with E-state index in [9.17, 15) is 17.6 Å². The van der Waals surface area contributed by atoms with Crippen molar-refractivity contribution in [1.82, 2.24) is 10.0 Å². The van der Waals surface area contributed by atoms with E-state index in [1.807, 2.05) is 0 Å². The Morgan fingerprint density at radius 3 is 2.55 bits per heavy atom. The number of nitrogens with one attached hydrogen (secondary N) is 2. The molecule has 1 aromatic rings. The van der Waals surface area contributed by atoms with E-state index in [1.54, 1.807) is 7.05 Å². The number of hydrogen-bond donors (Lipinski definition) is 2. The number of hydrogen-bond acceptors (Lipinski definition) is 5. The van der Waals surface area contributed by atoms with Gasteiger partial charge in [-0.05, 0) is 25.2 Å². The molecule has 6 nitrogen and oxygen atoms in total. The molecule has 0 saturated heterocycles. The molecule has 20 heavy (non-hydrogen) atoms. The number of ether oxygens (including phenoxy) is 1. The maximum absolute atomic E-state index is 13.1. The van der Waals surface area contributed by atoms with Crippen molar-refractivity contribution in [3.63, 3.8) is 0 Å². The number of likely N-dealkylation sites (N-methyl/N-ethyl adjacent to an activating group) is 1. The van der Waals surface area contributed by atoms with E-state index in [4.69, 9.17) is 0 Å². The molecule has 0 heterocycles. The van der Waals surface area contributed by atoms with Crippen molar-refractivity contribution in [1.29, 1.82) is 0 Å². The van der Waals surface area contributed by atoms with Crippen LogP contribution < -0.4 is 10.0 Å². The average molecular weight is 327 g/mol. The van der Waals surface area contributed by atoms with Gasteiger partial charge in [0.05, 0.1) is 17.6 Å². The first kappa shape index (κ1) is 18.8. The highest BCUT2D eigenvalue weighted by Crippen LogP contribution is 2.17. The fourth-order valence-electron chi connectivity index (χ4n) is 1.39. The predicted molar refractivity (Wildman–Crippen MR) is 74.1 cm³/mol. The molecule has 9 heteroatoms. The number of rotatable bonds is 6. The van der Waals surface area contributed by atoms with Crippen LogP contribution in [0.2, 0.25) is 0 Å². The third-order valence-electron chi connectivity index (χ3n) is 2.30. The highest BCUT2D eigenvalue weighted by atomic mass is 35.5. The summed E-state index contributed by atoms with van der Waals surface area (Å²) in [6.45, 7) is 0.574. The number of methoxy groups -OCH3 is 1. The van der Waals surface area contributed by atoms with E-state index in [2.05, 4.69) is 14.8 Å². The summed E-state index contributed by atoms with van der Waals surface area (Å²) in [5.74, 6) is -1.62. The van der Waals surface area contributed by atoms with E-state index in [0.29, 0.717) is 6.54 Å². The monoisotopic (exact) mass is 326 g/mol. The Bertz CT molecular complexity index is 566. The van der Waals surface area contributed by atoms with Crippen LogP contribution in [0, 0.1) is 5.82 Å². The maximum Gasteiger partial charge on any atom is 0.339 e. The van der Waals surface area contributed by atoms with E-state index in [-0.39, 0.29) is 29.4 Å². The second-order valence-electron chi connectivity index (χ2n) is 3.63. The minimum absolute atomic E-state index is 0. The molecule has 0 aromatic heterocycles. The second-order valence-corrected chi connectivity index (χ2v) is 5.37. The van der Waals surface area contributed by atoms with Crippen molar-refractivity contribution in [3.05, 3.63) is 29.6 Å². The van der Waals surface area contributed by atoms with Gasteiger partial charge in [0.1, 0.15) is 5.82 Å². The largest absolute Gasteiger partial charge is 0.465 e. The molecule has 0 bridgehead atoms. The summed E-state index contributed by atoms with van der Waals surface area (Å²) in [7, 11) is -1.12. The summed E-state index contributed by atoms with van der Waals surface area (Å²) in [6.07, 6.45) is 0. The quantitative estimate of drug-likeness (QED) is 0.588. The van der Waals surface area contributed by atoms with Crippen LogP contribution in [0.3, 0.4) is 0 Å². The lowest BCUT2D eigenvalue weighted by molar-refractivity contribution is 0.0595. The van der Waals surface area contributed by atoms with E-state index < -0.39 is 21.8 Å². The van der Waals surface area contributed by atoms with Gasteiger partial charge in [-0.25, -0.2) is 22.3 Å². The Morgan fingerprint density at radius 1 is 1.35 bits per heavy atom. The zero-order valence-corrected chi connectivity index (χ0v) is 12.6. The minimum Gasteiger partial charge on any atom is -0.465 e. The van der Waals surface area contributed by atoms with Crippen molar-refractivity contribution in [2.24, 2.45) is 0 Å². The SMILES string of the molecule is CNCCNS(=O)(=O)c1ccc(F)cc1C(=O)OC.Cl. The van der Waals surface area contributed by atoms with Crippen molar-refractivity contribution in [3.8, 4) is 0 Å². The number of halogens is 2. The van der Waals surface area contributed by atoms with Gasteiger partial charge in [-0.2, -0.15) is 0 Å². The molecule has 1 aromatic carbocycles. The molecule has 0 atom stereocenters. The van der Waals surface area contributed by atoms with Crippen LogP contribution in [0.4, 0.5) is 4.39 Å². The molecule has 0 spiro atoms. The van der Waals surface area contributed by atoms with Gasteiger partial charge in [0.15, 0.2) is 0 Å². The first-order valence-electron chi connectivity index (χ1n) is 5.44. The number of carbonyl (C=O) groups excluding carboxylic acids is 1. The standard InChI is InChI=1S/C11H15FN2O4S.ClH/c1-13-5-6-14-19(16,17)10-4-3-8(12)7-9(10)11(15)18-2;/h3-4,7,13-14H,5-6H2,1-2H3;1H. The highest BCUT2D eigenvalue weighted by molar-refractivity contribution is 7.89. The molecule has 0 fully saturated rings. The van der Waals surface area contributed by atoms with E-state index in [0.717, 1.165) is 25.3 Å². The summed E-state index contributed by atoms with van der Waals surface area (Å²) in [4.78, 5) is 11.2. The summed E-state index contributed by atoms with van der Waals surface area (Å²) >= 11 is 0. The van der Waals surface area contributed by atoms with Crippen LogP contribution in [-0.4, -0.2) is 41.6 Å². The van der Waals surface area contributed by atoms with Crippen molar-refractivity contribution >= 4 is 28.4 Å². The molecule has 0 aliphatic heterocycles. The van der Waals surface area contributed by atoms with Gasteiger partial charge in [0.2, 0.25) is 10.0 Å². The lowest BCUT2D eigenvalue weighted by atomic mass is 10.2. The molecule has 0 aliphatic rings. The molecule has 114 valence electrons. The van der Waals surface area contributed by atoms with Gasteiger partial charge in [0, 0.05) is 13.1 Å². The number of sulfonamides is 1. The van der Waals surface area contributed by atoms with E-state index in [1.165, 1.54) is 0 Å². The van der Waals surface area contributed by atoms with Gasteiger partial charge < -0.3 is 10.1 Å². The molecule has 0 aliphatic carbocycles. The number of benzene rings is 1. The third kappa shape index (κ3) is 4.71. The Labute approximate surface area is 123 Å². The first-order chi connectivity index (χ1) is 8.92. The Kier molecular flexibility index (Phi) is 7.66. The lowest BCUT2D eigenvalue weighted by Gasteiger charge is -2.10. The molecule has 0 unspecified atom stereocenters. The van der Waals surface area contributed by atoms with Gasteiger partial charge in [-0.3, -0.25) is 0 Å². The molecule has 2 N–H and O–H groups in total. The van der Waals surface area contributed by atoms with Gasteiger partial charge in [0.25, 0.3) is 0 Å². The van der Waals surface area contributed by atoms with Gasteiger partial charge in [-0.15, -0.1) is 12.4 Å². The summed E-state index contributed by atoms with van der Waals surface area (Å²) in [6, 6.07) is 2.83. The Balaban J connectivity index is 0.00000361. The molecule has 0 amide bonds. The Hall–Kier alpha value is -1.22. The minimum atomic E-state index is -3.89. The fourth-order valence-corrected chi connectivity index (χ4v) is 2.60. The van der Waals surface area contributed by atoms with Crippen LogP contribution in [0.25, 0.3) is 0 Å². The zero-order valence-electron chi connectivity index (χ0n) is 11.0. The lowest BCUT2D eigenvalue weighted by Crippen LogP contribution is -2.31. The summed E-state index contributed by atoms with van der Waals surface area (Å²) in [5.41, 5.74) is -0.334. The Morgan fingerprint density at radius 2 is 2.00 bits per heavy atom. The normalized spacial score (nSPS) is 10.8. The fraction of sp³-hybridized carbons (Fsp3) is 0.364. The second kappa shape index (κ2) is 8.15. The van der Waals surface area contributed by atoms with Gasteiger partial charge in [-0.1, -0.05) is 0 Å². The maximum atomic E-state index is 13.1. The van der Waals surface area contributed by atoms with Crippen LogP contribution >= 0.6 is 12.4 Å². The molecule has 0 radical (unpaired) electrons. The number of carbonyl (C=O) groups is 1. The average Bonchev–Trinajstić information content (AvgIpc) is 2.37. The van der Waals surface area contributed by atoms with Crippen LogP contribution in [-0.2, 0) is 14.8 Å². The highest BCUT2D eigenvalue weighted by Gasteiger charge is 2.23. The smallest absolute Gasteiger partial charge is 0.339 e. The summed E-state index contributed by atoms with van der Waals surface area (Å²) < 4.78 is 43.8. The van der Waals surface area contributed by atoms with Crippen molar-refractivity contribution in [2.45, 2.75) is 4.90 Å². The number of esters is 1.